The Morgan fingerprint density at radius 2 is 2.20 bits per heavy atom. The molecule has 0 amide bonds. The van der Waals surface area contributed by atoms with Gasteiger partial charge in [-0.3, -0.25) is 10.1 Å². The lowest BCUT2D eigenvalue weighted by Crippen LogP contribution is -1.99. The molecule has 102 valence electrons. The number of benzene rings is 1. The number of anilines is 1. The van der Waals surface area contributed by atoms with Crippen LogP contribution in [0.25, 0.3) is 11.0 Å². The zero-order valence-electron chi connectivity index (χ0n) is 10.4. The third-order valence-corrected chi connectivity index (χ3v) is 3.63. The number of aryl methyl sites for hydroxylation is 1. The van der Waals surface area contributed by atoms with Crippen molar-refractivity contribution in [1.29, 1.82) is 0 Å². The summed E-state index contributed by atoms with van der Waals surface area (Å²) in [4.78, 5) is 15.6. The highest BCUT2D eigenvalue weighted by Crippen LogP contribution is 2.29. The molecule has 0 aliphatic heterocycles. The lowest BCUT2D eigenvalue weighted by Gasteiger charge is -2.04. The minimum absolute atomic E-state index is 0.125. The number of hydrogen-bond donors (Lipinski definition) is 1. The van der Waals surface area contributed by atoms with E-state index in [1.165, 1.54) is 6.07 Å². The Labute approximate surface area is 116 Å². The van der Waals surface area contributed by atoms with Gasteiger partial charge < -0.3 is 5.32 Å². The molecule has 0 saturated heterocycles. The second-order valence-corrected chi connectivity index (χ2v) is 5.37. The van der Waals surface area contributed by atoms with E-state index in [2.05, 4.69) is 25.2 Å². The summed E-state index contributed by atoms with van der Waals surface area (Å²) in [7, 11) is 0. The van der Waals surface area contributed by atoms with Crippen LogP contribution in [0.4, 0.5) is 11.4 Å². The van der Waals surface area contributed by atoms with Crippen LogP contribution < -0.4 is 5.32 Å². The van der Waals surface area contributed by atoms with Gasteiger partial charge in [-0.1, -0.05) is 0 Å². The highest BCUT2D eigenvalue weighted by atomic mass is 32.1. The van der Waals surface area contributed by atoms with Crippen LogP contribution in [0, 0.1) is 17.0 Å². The lowest BCUT2D eigenvalue weighted by atomic mass is 10.2. The maximum Gasteiger partial charge on any atom is 0.300 e. The molecular weight excluding hydrogens is 282 g/mol. The monoisotopic (exact) mass is 291 g/mol. The Morgan fingerprint density at radius 1 is 1.40 bits per heavy atom. The first-order valence-electron chi connectivity index (χ1n) is 5.70. The summed E-state index contributed by atoms with van der Waals surface area (Å²) in [6.45, 7) is 2.49. The van der Waals surface area contributed by atoms with Gasteiger partial charge in [0.05, 0.1) is 22.2 Å². The molecule has 3 rings (SSSR count). The third kappa shape index (κ3) is 2.18. The van der Waals surface area contributed by atoms with E-state index in [-0.39, 0.29) is 11.2 Å². The first-order chi connectivity index (χ1) is 9.65. The van der Waals surface area contributed by atoms with Crippen LogP contribution in [0.15, 0.2) is 23.0 Å². The molecule has 2 aromatic heterocycles. The topological polar surface area (TPSA) is 107 Å². The zero-order chi connectivity index (χ0) is 14.1. The first kappa shape index (κ1) is 12.5. The maximum absolute atomic E-state index is 10.9. The van der Waals surface area contributed by atoms with Crippen molar-refractivity contribution in [1.82, 2.24) is 15.3 Å². The first-order valence-corrected chi connectivity index (χ1v) is 6.51. The largest absolute Gasteiger partial charge is 0.378 e. The summed E-state index contributed by atoms with van der Waals surface area (Å²) < 4.78 is 4.60. The van der Waals surface area contributed by atoms with Gasteiger partial charge in [-0.25, -0.2) is 9.61 Å². The van der Waals surface area contributed by atoms with Gasteiger partial charge >= 0.3 is 5.69 Å². The molecule has 3 aromatic rings. The van der Waals surface area contributed by atoms with Crippen molar-refractivity contribution in [3.63, 3.8) is 0 Å². The van der Waals surface area contributed by atoms with Crippen molar-refractivity contribution in [2.24, 2.45) is 0 Å². The van der Waals surface area contributed by atoms with Gasteiger partial charge in [-0.15, -0.1) is 11.3 Å². The fourth-order valence-electron chi connectivity index (χ4n) is 1.81. The molecular formula is C11H9N5O3S. The van der Waals surface area contributed by atoms with Crippen molar-refractivity contribution in [3.05, 3.63) is 38.3 Å². The predicted octanol–water partition coefficient (Wildman–Crippen LogP) is 2.51. The van der Waals surface area contributed by atoms with E-state index in [1.807, 2.05) is 6.92 Å². The van der Waals surface area contributed by atoms with Crippen LogP contribution in [0.2, 0.25) is 0 Å². The fraction of sp³-hybridized carbons (Fsp3) is 0.182. The summed E-state index contributed by atoms with van der Waals surface area (Å²) >= 11 is 1.58. The molecule has 20 heavy (non-hydrogen) atoms. The molecule has 0 aliphatic rings. The van der Waals surface area contributed by atoms with E-state index in [1.54, 1.807) is 23.6 Å². The van der Waals surface area contributed by atoms with Crippen molar-refractivity contribution >= 4 is 33.7 Å². The molecule has 0 bridgehead atoms. The van der Waals surface area contributed by atoms with E-state index >= 15 is 0 Å². The average Bonchev–Trinajstić information content (AvgIpc) is 3.04. The molecule has 0 unspecified atom stereocenters. The van der Waals surface area contributed by atoms with Crippen LogP contribution in [0.3, 0.4) is 0 Å². The van der Waals surface area contributed by atoms with Crippen LogP contribution >= 0.6 is 11.3 Å². The second kappa shape index (κ2) is 4.85. The number of non-ortho nitro benzene ring substituents is 1. The number of nitrogens with zero attached hydrogens (tertiary/aromatic N) is 4. The van der Waals surface area contributed by atoms with E-state index in [4.69, 9.17) is 0 Å². The second-order valence-electron chi connectivity index (χ2n) is 4.05. The molecule has 0 saturated carbocycles. The van der Waals surface area contributed by atoms with E-state index < -0.39 is 4.92 Å². The van der Waals surface area contributed by atoms with Gasteiger partial charge in [0.25, 0.3) is 0 Å². The van der Waals surface area contributed by atoms with Gasteiger partial charge in [0.15, 0.2) is 5.52 Å². The highest BCUT2D eigenvalue weighted by molar-refractivity contribution is 7.11. The van der Waals surface area contributed by atoms with Crippen molar-refractivity contribution in [2.45, 2.75) is 13.5 Å². The van der Waals surface area contributed by atoms with Gasteiger partial charge in [0.2, 0.25) is 5.52 Å². The number of rotatable bonds is 4. The Kier molecular flexibility index (Phi) is 3.03. The third-order valence-electron chi connectivity index (χ3n) is 2.71. The zero-order valence-corrected chi connectivity index (χ0v) is 11.2. The Bertz CT molecular complexity index is 781. The van der Waals surface area contributed by atoms with E-state index in [0.29, 0.717) is 17.7 Å². The molecule has 8 nitrogen and oxygen atoms in total. The van der Waals surface area contributed by atoms with E-state index in [0.717, 1.165) is 9.88 Å². The smallest absolute Gasteiger partial charge is 0.300 e. The number of thiazole rings is 1. The van der Waals surface area contributed by atoms with Gasteiger partial charge in [-0.05, 0) is 23.3 Å². The summed E-state index contributed by atoms with van der Waals surface area (Å²) in [5.41, 5.74) is 0.999. The van der Waals surface area contributed by atoms with Gasteiger partial charge in [0, 0.05) is 17.1 Å². The molecule has 0 atom stereocenters. The van der Waals surface area contributed by atoms with Crippen molar-refractivity contribution in [3.8, 4) is 0 Å². The van der Waals surface area contributed by atoms with E-state index in [9.17, 15) is 10.1 Å². The molecule has 2 heterocycles. The van der Waals surface area contributed by atoms with Crippen LogP contribution in [0.5, 0.6) is 0 Å². The molecule has 0 fully saturated rings. The Morgan fingerprint density at radius 3 is 2.90 bits per heavy atom. The fourth-order valence-corrected chi connectivity index (χ4v) is 2.55. The van der Waals surface area contributed by atoms with Crippen LogP contribution in [-0.4, -0.2) is 20.2 Å². The summed E-state index contributed by atoms with van der Waals surface area (Å²) in [5, 5.41) is 22.3. The average molecular weight is 291 g/mol. The molecule has 1 aromatic carbocycles. The van der Waals surface area contributed by atoms with Crippen LogP contribution in [-0.2, 0) is 6.54 Å². The Hall–Kier alpha value is -2.55. The molecule has 1 N–H and O–H groups in total. The number of nitro groups is 1. The minimum atomic E-state index is -0.511. The number of nitro benzene ring substituents is 1. The standard InChI is InChI=1S/C11H9N5O3S/c1-6-12-4-7(20-6)5-13-8-2-3-9(16(17)18)11-10(8)14-19-15-11/h2-4,13H,5H2,1H3. The normalized spacial score (nSPS) is 10.8. The summed E-state index contributed by atoms with van der Waals surface area (Å²) in [6.07, 6.45) is 1.79. The SMILES string of the molecule is Cc1ncc(CNc2ccc([N+](=O)[O-])c3nonc23)s1. The van der Waals surface area contributed by atoms with Gasteiger partial charge in [0.1, 0.15) is 0 Å². The molecule has 0 aliphatic carbocycles. The minimum Gasteiger partial charge on any atom is -0.378 e. The van der Waals surface area contributed by atoms with Crippen LogP contribution in [0.1, 0.15) is 9.88 Å². The number of aromatic nitrogens is 3. The number of nitrogens with one attached hydrogen (secondary N) is 1. The number of fused-ring (bicyclic) bond motifs is 1. The highest BCUT2D eigenvalue weighted by Gasteiger charge is 2.19. The molecule has 0 spiro atoms. The number of hydrogen-bond acceptors (Lipinski definition) is 8. The quantitative estimate of drug-likeness (QED) is 0.581. The van der Waals surface area contributed by atoms with Crippen molar-refractivity contribution in [2.75, 3.05) is 5.32 Å². The lowest BCUT2D eigenvalue weighted by molar-refractivity contribution is -0.383. The summed E-state index contributed by atoms with van der Waals surface area (Å²) in [5.74, 6) is 0. The molecule has 9 heteroatoms. The van der Waals surface area contributed by atoms with Gasteiger partial charge in [-0.2, -0.15) is 0 Å². The molecule has 0 radical (unpaired) electrons. The predicted molar refractivity (Wildman–Crippen MR) is 72.6 cm³/mol. The maximum atomic E-state index is 10.9. The Balaban J connectivity index is 1.90. The van der Waals surface area contributed by atoms with Crippen molar-refractivity contribution < 1.29 is 9.55 Å². The summed E-state index contributed by atoms with van der Waals surface area (Å²) in [6, 6.07) is 2.98.